The number of aliphatic hydroxyl groups excluding tert-OH is 1. The Balaban J connectivity index is 0.000000194. The molecule has 8 rings (SSSR count). The standard InChI is InChI=1S/2C24H25N2.C5H8O2.Ir/c2*1-3-5-10-17(4-2)15-18-16-25-23-21-13-8-6-11-19(21)20-12-7-9-14-22(20)24(23)26-18;1-4(6)3-5(2)7;/h2*6-9,11-12,14,16-17H,3-5,10,15H2,1-2H3;3,6H,1-2H3;/q2*-1;;/b;;4-3-;. The van der Waals surface area contributed by atoms with Gasteiger partial charge in [0.05, 0.1) is 28.2 Å². The molecular formula is C53H58IrN4O2-2. The Morgan fingerprint density at radius 3 is 1.35 bits per heavy atom. The summed E-state index contributed by atoms with van der Waals surface area (Å²) in [7, 11) is 0. The summed E-state index contributed by atoms with van der Waals surface area (Å²) in [5, 5.41) is 17.7. The Morgan fingerprint density at radius 2 is 1.00 bits per heavy atom. The molecule has 0 bridgehead atoms. The van der Waals surface area contributed by atoms with Gasteiger partial charge in [0.15, 0.2) is 5.78 Å². The maximum atomic E-state index is 10.0. The van der Waals surface area contributed by atoms with Gasteiger partial charge in [0.2, 0.25) is 0 Å². The molecule has 0 aliphatic heterocycles. The van der Waals surface area contributed by atoms with Gasteiger partial charge in [0.25, 0.3) is 0 Å². The fourth-order valence-electron chi connectivity index (χ4n) is 8.13. The SMILES string of the molecule is CC(=O)/C=C(/C)O.CCCCC(CC)Cc1cnc2c3[c-]cccc3c3ccccc3c2n1.CCCCC(CC)Cc1cnc2c3[c-]cccc3c3ccccc3c2n1.[Ir]. The molecule has 0 aliphatic rings. The minimum absolute atomic E-state index is 0. The molecule has 2 atom stereocenters. The Labute approximate surface area is 369 Å². The number of carbonyl (C=O) groups excluding carboxylic acids is 1. The molecule has 2 heterocycles. The average Bonchev–Trinajstić information content (AvgIpc) is 3.26. The third-order valence-corrected chi connectivity index (χ3v) is 11.3. The molecule has 1 N–H and O–H groups in total. The van der Waals surface area contributed by atoms with Crippen LogP contribution in [0, 0.1) is 24.0 Å². The van der Waals surface area contributed by atoms with Crippen LogP contribution in [0.15, 0.2) is 109 Å². The molecule has 8 aromatic rings. The molecule has 313 valence electrons. The van der Waals surface area contributed by atoms with Crippen molar-refractivity contribution >= 4 is 70.9 Å². The van der Waals surface area contributed by atoms with Crippen LogP contribution in [-0.2, 0) is 37.7 Å². The van der Waals surface area contributed by atoms with E-state index in [4.69, 9.17) is 25.0 Å². The van der Waals surface area contributed by atoms with Gasteiger partial charge in [0, 0.05) is 49.6 Å². The van der Waals surface area contributed by atoms with E-state index in [0.29, 0.717) is 11.8 Å². The Hall–Kier alpha value is -5.10. The molecule has 60 heavy (non-hydrogen) atoms. The summed E-state index contributed by atoms with van der Waals surface area (Å²) in [5.74, 6) is 1.33. The van der Waals surface area contributed by atoms with E-state index in [1.54, 1.807) is 0 Å². The number of benzene rings is 6. The molecule has 0 amide bonds. The van der Waals surface area contributed by atoms with Crippen LogP contribution < -0.4 is 0 Å². The van der Waals surface area contributed by atoms with Crippen molar-refractivity contribution in [2.45, 2.75) is 106 Å². The number of hydrogen-bond donors (Lipinski definition) is 1. The second kappa shape index (κ2) is 22.5. The van der Waals surface area contributed by atoms with E-state index in [1.807, 2.05) is 36.7 Å². The van der Waals surface area contributed by atoms with Gasteiger partial charge in [-0.25, -0.2) is 0 Å². The van der Waals surface area contributed by atoms with Crippen molar-refractivity contribution in [2.24, 2.45) is 11.8 Å². The van der Waals surface area contributed by atoms with Crippen LogP contribution in [0.4, 0.5) is 0 Å². The number of carbonyl (C=O) groups is 1. The van der Waals surface area contributed by atoms with Crippen molar-refractivity contribution in [3.63, 3.8) is 0 Å². The van der Waals surface area contributed by atoms with Gasteiger partial charge in [-0.15, -0.1) is 59.3 Å². The van der Waals surface area contributed by atoms with E-state index in [-0.39, 0.29) is 31.6 Å². The van der Waals surface area contributed by atoms with E-state index >= 15 is 0 Å². The molecule has 0 aliphatic carbocycles. The summed E-state index contributed by atoms with van der Waals surface area (Å²) in [5.41, 5.74) is 6.17. The van der Waals surface area contributed by atoms with Crippen LogP contribution in [-0.4, -0.2) is 30.8 Å². The summed E-state index contributed by atoms with van der Waals surface area (Å²) in [6.45, 7) is 11.9. The quantitative estimate of drug-likeness (QED) is 0.0536. The fourth-order valence-corrected chi connectivity index (χ4v) is 8.13. The molecular weight excluding hydrogens is 917 g/mol. The first-order chi connectivity index (χ1) is 28.8. The molecule has 6 aromatic carbocycles. The van der Waals surface area contributed by atoms with Crippen molar-refractivity contribution < 1.29 is 30.0 Å². The van der Waals surface area contributed by atoms with Crippen LogP contribution in [0.2, 0.25) is 0 Å². The zero-order chi connectivity index (χ0) is 41.7. The number of ketones is 1. The van der Waals surface area contributed by atoms with E-state index in [1.165, 1.54) is 104 Å². The van der Waals surface area contributed by atoms with Crippen molar-refractivity contribution in [2.75, 3.05) is 0 Å². The maximum Gasteiger partial charge on any atom is 0.155 e. The van der Waals surface area contributed by atoms with Crippen LogP contribution in [0.5, 0.6) is 0 Å². The summed E-state index contributed by atoms with van der Waals surface area (Å²) in [6, 6.07) is 36.1. The van der Waals surface area contributed by atoms with Crippen LogP contribution in [0.1, 0.15) is 104 Å². The van der Waals surface area contributed by atoms with Crippen molar-refractivity contribution in [1.29, 1.82) is 0 Å². The molecule has 0 saturated carbocycles. The number of aromatic nitrogens is 4. The topological polar surface area (TPSA) is 88.9 Å². The minimum atomic E-state index is -0.125. The predicted octanol–water partition coefficient (Wildman–Crippen LogP) is 14.0. The number of allylic oxidation sites excluding steroid dienone is 2. The summed E-state index contributed by atoms with van der Waals surface area (Å²) >= 11 is 0. The first kappa shape index (κ1) is 46.0. The smallest absolute Gasteiger partial charge is 0.155 e. The number of aliphatic hydroxyl groups is 1. The Kier molecular flexibility index (Phi) is 17.2. The molecule has 7 heteroatoms. The number of nitrogens with zero attached hydrogens (tertiary/aromatic N) is 4. The zero-order valence-electron chi connectivity index (χ0n) is 36.0. The van der Waals surface area contributed by atoms with Crippen molar-refractivity contribution in [1.82, 2.24) is 19.9 Å². The van der Waals surface area contributed by atoms with Crippen LogP contribution in [0.3, 0.4) is 0 Å². The van der Waals surface area contributed by atoms with Gasteiger partial charge in [0.1, 0.15) is 0 Å². The predicted molar refractivity (Wildman–Crippen MR) is 248 cm³/mol. The number of hydrogen-bond acceptors (Lipinski definition) is 6. The minimum Gasteiger partial charge on any atom is -0.512 e. The van der Waals surface area contributed by atoms with Gasteiger partial charge >= 0.3 is 0 Å². The Morgan fingerprint density at radius 1 is 0.600 bits per heavy atom. The monoisotopic (exact) mass is 975 g/mol. The zero-order valence-corrected chi connectivity index (χ0v) is 38.4. The van der Waals surface area contributed by atoms with Gasteiger partial charge in [-0.3, -0.25) is 14.8 Å². The second-order valence-corrected chi connectivity index (χ2v) is 15.8. The summed E-state index contributed by atoms with van der Waals surface area (Å²) in [4.78, 5) is 29.8. The molecule has 0 fully saturated rings. The summed E-state index contributed by atoms with van der Waals surface area (Å²) < 4.78 is 0. The van der Waals surface area contributed by atoms with E-state index in [2.05, 4.69) is 100 Å². The van der Waals surface area contributed by atoms with Crippen LogP contribution in [0.25, 0.3) is 65.2 Å². The van der Waals surface area contributed by atoms with Crippen molar-refractivity contribution in [3.8, 4) is 0 Å². The first-order valence-electron chi connectivity index (χ1n) is 21.6. The number of unbranched alkanes of at least 4 members (excludes halogenated alkanes) is 2. The normalized spacial score (nSPS) is 12.5. The fraction of sp³-hybridized carbons (Fsp3) is 0.340. The van der Waals surface area contributed by atoms with Gasteiger partial charge in [-0.1, -0.05) is 149 Å². The molecule has 2 aromatic heterocycles. The van der Waals surface area contributed by atoms with E-state index in [0.717, 1.165) is 57.1 Å². The van der Waals surface area contributed by atoms with Crippen LogP contribution >= 0.6 is 0 Å². The maximum absolute atomic E-state index is 10.0. The first-order valence-corrected chi connectivity index (χ1v) is 21.6. The van der Waals surface area contributed by atoms with Gasteiger partial charge in [-0.05, 0) is 49.3 Å². The van der Waals surface area contributed by atoms with E-state index in [9.17, 15) is 4.79 Å². The van der Waals surface area contributed by atoms with Crippen molar-refractivity contribution in [3.05, 3.63) is 133 Å². The Bertz CT molecular complexity index is 2460. The number of fused-ring (bicyclic) bond motifs is 12. The van der Waals surface area contributed by atoms with Gasteiger partial charge in [-0.2, -0.15) is 0 Å². The molecule has 1 radical (unpaired) electrons. The third-order valence-electron chi connectivity index (χ3n) is 11.3. The third kappa shape index (κ3) is 11.2. The number of rotatable bonds is 13. The average molecular weight is 975 g/mol. The van der Waals surface area contributed by atoms with Gasteiger partial charge < -0.3 is 15.1 Å². The molecule has 2 unspecified atom stereocenters. The largest absolute Gasteiger partial charge is 0.512 e. The molecule has 6 nitrogen and oxygen atoms in total. The second-order valence-electron chi connectivity index (χ2n) is 15.8. The molecule has 0 saturated heterocycles. The summed E-state index contributed by atoms with van der Waals surface area (Å²) in [6.07, 6.45) is 17.2. The molecule has 0 spiro atoms. The van der Waals surface area contributed by atoms with E-state index < -0.39 is 0 Å².